The van der Waals surface area contributed by atoms with Gasteiger partial charge in [-0.2, -0.15) is 0 Å². The normalized spacial score (nSPS) is 13.6. The fourth-order valence-electron chi connectivity index (χ4n) is 2.12. The molecule has 6 nitrogen and oxygen atoms in total. The van der Waals surface area contributed by atoms with Crippen LogP contribution in [0.5, 0.6) is 0 Å². The molecule has 0 radical (unpaired) electrons. The predicted molar refractivity (Wildman–Crippen MR) is 93.0 cm³/mol. The molecule has 7 heteroatoms. The van der Waals surface area contributed by atoms with E-state index in [0.717, 1.165) is 27.8 Å². The highest BCUT2D eigenvalue weighted by Crippen LogP contribution is 2.30. The van der Waals surface area contributed by atoms with E-state index in [9.17, 15) is 14.3 Å². The number of carbonyl (C=O) groups excluding carboxylic acids is 1. The Morgan fingerprint density at radius 1 is 1.16 bits per heavy atom. The Bertz CT molecular complexity index is 768. The molecule has 0 aliphatic rings. The van der Waals surface area contributed by atoms with Crippen LogP contribution in [0.3, 0.4) is 0 Å². The molecule has 2 aromatic rings. The summed E-state index contributed by atoms with van der Waals surface area (Å²) in [6.07, 6.45) is 1.15. The highest BCUT2D eigenvalue weighted by molar-refractivity contribution is 7.53. The van der Waals surface area contributed by atoms with Gasteiger partial charge in [-0.05, 0) is 22.5 Å². The molecular weight excluding hydrogens is 341 g/mol. The third kappa shape index (κ3) is 6.64. The minimum atomic E-state index is -4.49. The lowest BCUT2D eigenvalue weighted by molar-refractivity contribution is -0.190. The van der Waals surface area contributed by atoms with Gasteiger partial charge in [-0.3, -0.25) is 9.63 Å². The average molecular weight is 360 g/mol. The zero-order chi connectivity index (χ0) is 18.3. The van der Waals surface area contributed by atoms with Gasteiger partial charge in [0.2, 0.25) is 5.91 Å². The number of amides is 1. The lowest BCUT2D eigenvalue weighted by atomic mass is 10.0. The Morgan fingerprint density at radius 2 is 1.76 bits per heavy atom. The van der Waals surface area contributed by atoms with Gasteiger partial charge in [-0.25, -0.2) is 5.06 Å². The fourth-order valence-corrected chi connectivity index (χ4v) is 2.49. The van der Waals surface area contributed by atoms with E-state index in [1.54, 1.807) is 0 Å². The standard InChI is InChI=1S/C18H20NO5P/c1-15(20)19(12-5-13-25(21,22)23)24-14-16-8-10-18(11-9-16)17-6-3-2-4-7-17/h2-11,13H,12,14H2,1H3,(H2,21,22,23)/p-1/b13-5+. The molecule has 2 aromatic carbocycles. The van der Waals surface area contributed by atoms with Crippen molar-refractivity contribution in [3.05, 3.63) is 72.1 Å². The number of hydrogen-bond acceptors (Lipinski definition) is 4. The van der Waals surface area contributed by atoms with E-state index in [1.807, 2.05) is 54.6 Å². The summed E-state index contributed by atoms with van der Waals surface area (Å²) in [5, 5.41) is 1.03. The maximum absolute atomic E-state index is 11.5. The summed E-state index contributed by atoms with van der Waals surface area (Å²) in [6.45, 7) is 1.39. The second-order valence-corrected chi connectivity index (χ2v) is 6.79. The molecule has 0 aromatic heterocycles. The molecule has 0 heterocycles. The minimum absolute atomic E-state index is 0.0791. The second kappa shape index (κ2) is 8.74. The summed E-state index contributed by atoms with van der Waals surface area (Å²) in [4.78, 5) is 36.3. The Kier molecular flexibility index (Phi) is 6.67. The summed E-state index contributed by atoms with van der Waals surface area (Å²) in [5.74, 6) is 0.269. The number of nitrogens with zero attached hydrogens (tertiary/aromatic N) is 1. The maximum Gasteiger partial charge on any atom is 0.243 e. The summed E-state index contributed by atoms with van der Waals surface area (Å²) >= 11 is 0. The monoisotopic (exact) mass is 360 g/mol. The van der Waals surface area contributed by atoms with Crippen LogP contribution in [-0.2, 0) is 20.8 Å². The number of hydroxylamine groups is 2. The van der Waals surface area contributed by atoms with E-state index in [1.165, 1.54) is 6.92 Å². The molecule has 2 rings (SSSR count). The van der Waals surface area contributed by atoms with Gasteiger partial charge in [0, 0.05) is 6.92 Å². The van der Waals surface area contributed by atoms with Crippen molar-refractivity contribution in [3.8, 4) is 11.1 Å². The summed E-state index contributed by atoms with van der Waals surface area (Å²) < 4.78 is 10.7. The van der Waals surface area contributed by atoms with E-state index in [4.69, 9.17) is 9.73 Å². The molecule has 1 N–H and O–H groups in total. The van der Waals surface area contributed by atoms with Crippen LogP contribution in [0, 0.1) is 0 Å². The molecule has 0 bridgehead atoms. The molecule has 0 fully saturated rings. The molecule has 1 amide bonds. The first-order valence-corrected chi connectivity index (χ1v) is 9.26. The van der Waals surface area contributed by atoms with Crippen LogP contribution < -0.4 is 4.89 Å². The summed E-state index contributed by atoms with van der Waals surface area (Å²) in [7, 11) is -4.49. The highest BCUT2D eigenvalue weighted by atomic mass is 31.2. The third-order valence-corrected chi connectivity index (χ3v) is 3.95. The fraction of sp³-hybridized carbons (Fsp3) is 0.167. The van der Waals surface area contributed by atoms with E-state index < -0.39 is 7.60 Å². The van der Waals surface area contributed by atoms with Crippen LogP contribution in [0.15, 0.2) is 66.5 Å². The number of hydrogen-bond donors (Lipinski definition) is 1. The van der Waals surface area contributed by atoms with Gasteiger partial charge >= 0.3 is 0 Å². The zero-order valence-electron chi connectivity index (χ0n) is 13.7. The van der Waals surface area contributed by atoms with Crippen LogP contribution in [0.25, 0.3) is 11.1 Å². The van der Waals surface area contributed by atoms with Crippen molar-refractivity contribution >= 4 is 13.5 Å². The van der Waals surface area contributed by atoms with Crippen molar-refractivity contribution in [2.75, 3.05) is 6.54 Å². The zero-order valence-corrected chi connectivity index (χ0v) is 14.6. The second-order valence-electron chi connectivity index (χ2n) is 5.37. The minimum Gasteiger partial charge on any atom is -0.776 e. The van der Waals surface area contributed by atoms with Gasteiger partial charge < -0.3 is 14.4 Å². The Balaban J connectivity index is 1.95. The van der Waals surface area contributed by atoms with E-state index in [2.05, 4.69) is 0 Å². The largest absolute Gasteiger partial charge is 0.776 e. The molecule has 0 saturated heterocycles. The van der Waals surface area contributed by atoms with Crippen molar-refractivity contribution in [2.45, 2.75) is 13.5 Å². The third-order valence-electron chi connectivity index (χ3n) is 3.36. The van der Waals surface area contributed by atoms with Crippen LogP contribution in [-0.4, -0.2) is 22.4 Å². The first kappa shape index (κ1) is 19.1. The van der Waals surface area contributed by atoms with Crippen LogP contribution in [0.1, 0.15) is 12.5 Å². The van der Waals surface area contributed by atoms with Gasteiger partial charge in [0.15, 0.2) is 7.60 Å². The molecule has 0 saturated carbocycles. The quantitative estimate of drug-likeness (QED) is 0.606. The lowest BCUT2D eigenvalue weighted by Gasteiger charge is -2.19. The molecule has 1 atom stereocenters. The van der Waals surface area contributed by atoms with Gasteiger partial charge in [0.25, 0.3) is 0 Å². The summed E-state index contributed by atoms with van der Waals surface area (Å²) in [6, 6.07) is 17.7. The number of carbonyl (C=O) groups is 1. The summed E-state index contributed by atoms with van der Waals surface area (Å²) in [5.41, 5.74) is 3.05. The van der Waals surface area contributed by atoms with Crippen molar-refractivity contribution in [3.63, 3.8) is 0 Å². The lowest BCUT2D eigenvalue weighted by Crippen LogP contribution is -2.29. The molecule has 132 valence electrons. The van der Waals surface area contributed by atoms with Gasteiger partial charge in [0.1, 0.15) is 6.61 Å². The van der Waals surface area contributed by atoms with Crippen LogP contribution in [0.4, 0.5) is 0 Å². The van der Waals surface area contributed by atoms with Gasteiger partial charge in [0.05, 0.1) is 6.54 Å². The number of benzene rings is 2. The Morgan fingerprint density at radius 3 is 2.32 bits per heavy atom. The van der Waals surface area contributed by atoms with Crippen LogP contribution in [0.2, 0.25) is 0 Å². The SMILES string of the molecule is CC(=O)N(C/C=C/P(=O)([O-])O)OCc1ccc(-c2ccccc2)cc1. The van der Waals surface area contributed by atoms with Gasteiger partial charge in [-0.15, -0.1) is 0 Å². The number of rotatable bonds is 7. The van der Waals surface area contributed by atoms with Crippen molar-refractivity contribution in [1.82, 2.24) is 5.06 Å². The van der Waals surface area contributed by atoms with Crippen molar-refractivity contribution in [1.29, 1.82) is 0 Å². The first-order chi connectivity index (χ1) is 11.8. The van der Waals surface area contributed by atoms with E-state index in [0.29, 0.717) is 5.82 Å². The first-order valence-electron chi connectivity index (χ1n) is 7.62. The highest BCUT2D eigenvalue weighted by Gasteiger charge is 2.08. The smallest absolute Gasteiger partial charge is 0.243 e. The molecule has 0 aliphatic carbocycles. The van der Waals surface area contributed by atoms with E-state index >= 15 is 0 Å². The average Bonchev–Trinajstić information content (AvgIpc) is 2.58. The Labute approximate surface area is 146 Å². The predicted octanol–water partition coefficient (Wildman–Crippen LogP) is 2.69. The molecule has 1 unspecified atom stereocenters. The Hall–Kier alpha value is -2.24. The van der Waals surface area contributed by atoms with Crippen molar-refractivity contribution in [2.24, 2.45) is 0 Å². The van der Waals surface area contributed by atoms with Gasteiger partial charge in [-0.1, -0.05) is 60.7 Å². The van der Waals surface area contributed by atoms with Crippen molar-refractivity contribution < 1.29 is 24.0 Å². The maximum atomic E-state index is 11.5. The molecular formula is C18H19NO5P-. The topological polar surface area (TPSA) is 89.9 Å². The van der Waals surface area contributed by atoms with Crippen LogP contribution >= 0.6 is 7.60 Å². The molecule has 0 aliphatic heterocycles. The molecule has 0 spiro atoms. The van der Waals surface area contributed by atoms with E-state index in [-0.39, 0.29) is 19.1 Å². The molecule has 25 heavy (non-hydrogen) atoms.